The van der Waals surface area contributed by atoms with Crippen molar-refractivity contribution in [1.82, 2.24) is 4.90 Å². The number of carbonyl (C=O) groups is 1. The molecule has 4 nitrogen and oxygen atoms in total. The van der Waals surface area contributed by atoms with E-state index in [-0.39, 0.29) is 5.91 Å². The van der Waals surface area contributed by atoms with Crippen LogP contribution in [0.3, 0.4) is 0 Å². The fourth-order valence-corrected chi connectivity index (χ4v) is 2.35. The summed E-state index contributed by atoms with van der Waals surface area (Å²) in [6.45, 7) is 7.16. The highest BCUT2D eigenvalue weighted by molar-refractivity contribution is 5.97. The molecule has 0 atom stereocenters. The van der Waals surface area contributed by atoms with E-state index < -0.39 is 0 Å². The molecule has 20 heavy (non-hydrogen) atoms. The van der Waals surface area contributed by atoms with E-state index >= 15 is 0 Å². The quantitative estimate of drug-likeness (QED) is 0.641. The normalized spacial score (nSPS) is 14.8. The van der Waals surface area contributed by atoms with Crippen molar-refractivity contribution in [2.45, 2.75) is 26.7 Å². The maximum atomic E-state index is 12.4. The Morgan fingerprint density at radius 1 is 1.35 bits per heavy atom. The number of nitrogen functional groups attached to an aromatic ring is 1. The lowest BCUT2D eigenvalue weighted by molar-refractivity contribution is 0.0612. The Morgan fingerprint density at radius 3 is 2.90 bits per heavy atom. The second-order valence-corrected chi connectivity index (χ2v) is 5.75. The van der Waals surface area contributed by atoms with E-state index in [0.717, 1.165) is 37.1 Å². The van der Waals surface area contributed by atoms with Crippen LogP contribution >= 0.6 is 0 Å². The summed E-state index contributed by atoms with van der Waals surface area (Å²) in [7, 11) is 0. The Labute approximate surface area is 120 Å². The first-order valence-electron chi connectivity index (χ1n) is 7.33. The summed E-state index contributed by atoms with van der Waals surface area (Å²) in [5, 5.41) is 0. The summed E-state index contributed by atoms with van der Waals surface area (Å²) in [5.74, 6) is 0.729. The molecule has 0 bridgehead atoms. The SMILES string of the molecule is CC(C)CCOCCN1CCc2ccc(N)cc2C1=O. The number of hydrogen-bond acceptors (Lipinski definition) is 3. The first kappa shape index (κ1) is 14.9. The molecule has 0 spiro atoms. The van der Waals surface area contributed by atoms with E-state index in [9.17, 15) is 4.79 Å². The lowest BCUT2D eigenvalue weighted by atomic mass is 9.98. The van der Waals surface area contributed by atoms with Crippen molar-refractivity contribution < 1.29 is 9.53 Å². The number of rotatable bonds is 6. The van der Waals surface area contributed by atoms with Gasteiger partial charge in [0.2, 0.25) is 0 Å². The maximum Gasteiger partial charge on any atom is 0.254 e. The van der Waals surface area contributed by atoms with Gasteiger partial charge in [-0.15, -0.1) is 0 Å². The number of nitrogens with zero attached hydrogens (tertiary/aromatic N) is 1. The number of nitrogens with two attached hydrogens (primary N) is 1. The van der Waals surface area contributed by atoms with Gasteiger partial charge in [0.05, 0.1) is 6.61 Å². The molecular formula is C16H24N2O2. The molecule has 0 saturated heterocycles. The molecule has 110 valence electrons. The molecule has 0 fully saturated rings. The van der Waals surface area contributed by atoms with Gasteiger partial charge >= 0.3 is 0 Å². The number of benzene rings is 1. The largest absolute Gasteiger partial charge is 0.399 e. The lowest BCUT2D eigenvalue weighted by Gasteiger charge is -2.28. The number of ether oxygens (including phenoxy) is 1. The van der Waals surface area contributed by atoms with Gasteiger partial charge in [-0.1, -0.05) is 19.9 Å². The third-order valence-corrected chi connectivity index (χ3v) is 3.65. The average Bonchev–Trinajstić information content (AvgIpc) is 2.41. The predicted molar refractivity (Wildman–Crippen MR) is 80.7 cm³/mol. The highest BCUT2D eigenvalue weighted by Gasteiger charge is 2.23. The summed E-state index contributed by atoms with van der Waals surface area (Å²) < 4.78 is 5.59. The van der Waals surface area contributed by atoms with Gasteiger partial charge in [0.1, 0.15) is 0 Å². The third-order valence-electron chi connectivity index (χ3n) is 3.65. The maximum absolute atomic E-state index is 12.4. The molecule has 2 rings (SSSR count). The van der Waals surface area contributed by atoms with Crippen LogP contribution in [0.25, 0.3) is 0 Å². The van der Waals surface area contributed by atoms with Crippen molar-refractivity contribution in [3.05, 3.63) is 29.3 Å². The molecule has 2 N–H and O–H groups in total. The Balaban J connectivity index is 1.85. The Bertz CT molecular complexity index is 472. The molecule has 0 unspecified atom stereocenters. The van der Waals surface area contributed by atoms with Gasteiger partial charge in [-0.2, -0.15) is 0 Å². The zero-order valence-corrected chi connectivity index (χ0v) is 12.4. The van der Waals surface area contributed by atoms with E-state index in [1.807, 2.05) is 17.0 Å². The van der Waals surface area contributed by atoms with Crippen LogP contribution in [-0.4, -0.2) is 37.1 Å². The van der Waals surface area contributed by atoms with Crippen molar-refractivity contribution in [2.75, 3.05) is 32.0 Å². The molecule has 1 aliphatic heterocycles. The number of amides is 1. The minimum Gasteiger partial charge on any atom is -0.399 e. The smallest absolute Gasteiger partial charge is 0.254 e. The summed E-state index contributed by atoms with van der Waals surface area (Å²) in [6.07, 6.45) is 1.96. The molecule has 0 aliphatic carbocycles. The summed E-state index contributed by atoms with van der Waals surface area (Å²) >= 11 is 0. The zero-order chi connectivity index (χ0) is 14.5. The zero-order valence-electron chi connectivity index (χ0n) is 12.4. The summed E-state index contributed by atoms with van der Waals surface area (Å²) in [4.78, 5) is 14.2. The Hall–Kier alpha value is -1.55. The second-order valence-electron chi connectivity index (χ2n) is 5.75. The van der Waals surface area contributed by atoms with Crippen molar-refractivity contribution in [1.29, 1.82) is 0 Å². The highest BCUT2D eigenvalue weighted by atomic mass is 16.5. The van der Waals surface area contributed by atoms with Gasteiger partial charge in [0.15, 0.2) is 0 Å². The van der Waals surface area contributed by atoms with Gasteiger partial charge in [-0.25, -0.2) is 0 Å². The first-order chi connectivity index (χ1) is 9.58. The molecule has 4 heteroatoms. The predicted octanol–water partition coefficient (Wildman–Crippen LogP) is 2.33. The van der Waals surface area contributed by atoms with Crippen molar-refractivity contribution in [3.8, 4) is 0 Å². The number of fused-ring (bicyclic) bond motifs is 1. The van der Waals surface area contributed by atoms with Crippen LogP contribution in [0.2, 0.25) is 0 Å². The van der Waals surface area contributed by atoms with Gasteiger partial charge < -0.3 is 15.4 Å². The van der Waals surface area contributed by atoms with Crippen LogP contribution in [0.15, 0.2) is 18.2 Å². The van der Waals surface area contributed by atoms with E-state index in [0.29, 0.717) is 24.8 Å². The first-order valence-corrected chi connectivity index (χ1v) is 7.33. The van der Waals surface area contributed by atoms with Crippen LogP contribution in [-0.2, 0) is 11.2 Å². The monoisotopic (exact) mass is 276 g/mol. The minimum absolute atomic E-state index is 0.0750. The van der Waals surface area contributed by atoms with E-state index in [2.05, 4.69) is 13.8 Å². The van der Waals surface area contributed by atoms with Crippen molar-refractivity contribution in [2.24, 2.45) is 5.92 Å². The van der Waals surface area contributed by atoms with Crippen LogP contribution < -0.4 is 5.73 Å². The van der Waals surface area contributed by atoms with Crippen LogP contribution in [0.1, 0.15) is 36.2 Å². The molecule has 1 heterocycles. The highest BCUT2D eigenvalue weighted by Crippen LogP contribution is 2.21. The molecule has 0 aromatic heterocycles. The van der Waals surface area contributed by atoms with Crippen molar-refractivity contribution in [3.63, 3.8) is 0 Å². The van der Waals surface area contributed by atoms with Crippen LogP contribution in [0.5, 0.6) is 0 Å². The summed E-state index contributed by atoms with van der Waals surface area (Å²) in [5.41, 5.74) is 8.25. The van der Waals surface area contributed by atoms with E-state index in [1.165, 1.54) is 0 Å². The topological polar surface area (TPSA) is 55.6 Å². The average molecular weight is 276 g/mol. The fourth-order valence-electron chi connectivity index (χ4n) is 2.35. The molecule has 0 saturated carbocycles. The molecular weight excluding hydrogens is 252 g/mol. The Kier molecular flexibility index (Phi) is 5.01. The van der Waals surface area contributed by atoms with Gasteiger partial charge in [-0.05, 0) is 36.5 Å². The second kappa shape index (κ2) is 6.75. The fraction of sp³-hybridized carbons (Fsp3) is 0.562. The molecule has 1 amide bonds. The van der Waals surface area contributed by atoms with Gasteiger partial charge in [0.25, 0.3) is 5.91 Å². The standard InChI is InChI=1S/C16H24N2O2/c1-12(2)6-9-20-10-8-18-7-5-13-3-4-14(17)11-15(13)16(18)19/h3-4,11-12H,5-10,17H2,1-2H3. The summed E-state index contributed by atoms with van der Waals surface area (Å²) in [6, 6.07) is 5.60. The third kappa shape index (κ3) is 3.73. The van der Waals surface area contributed by atoms with E-state index in [1.54, 1.807) is 6.07 Å². The number of hydrogen-bond donors (Lipinski definition) is 1. The van der Waals surface area contributed by atoms with Crippen LogP contribution in [0.4, 0.5) is 5.69 Å². The Morgan fingerprint density at radius 2 is 2.15 bits per heavy atom. The number of carbonyl (C=O) groups excluding carboxylic acids is 1. The molecule has 1 aromatic carbocycles. The molecule has 1 aromatic rings. The number of anilines is 1. The van der Waals surface area contributed by atoms with E-state index in [4.69, 9.17) is 10.5 Å². The minimum atomic E-state index is 0.0750. The molecule has 0 radical (unpaired) electrons. The van der Waals surface area contributed by atoms with Gasteiger partial charge in [-0.3, -0.25) is 4.79 Å². The van der Waals surface area contributed by atoms with Crippen LogP contribution in [0, 0.1) is 5.92 Å². The van der Waals surface area contributed by atoms with Crippen molar-refractivity contribution >= 4 is 11.6 Å². The molecule has 1 aliphatic rings. The van der Waals surface area contributed by atoms with Gasteiger partial charge in [0, 0.05) is 30.9 Å². The lowest BCUT2D eigenvalue weighted by Crippen LogP contribution is -2.39.